The minimum absolute atomic E-state index is 0.368. The second-order valence-electron chi connectivity index (χ2n) is 6.12. The van der Waals surface area contributed by atoms with Crippen molar-refractivity contribution in [3.63, 3.8) is 0 Å². The molecule has 4 nitrogen and oxygen atoms in total. The predicted molar refractivity (Wildman–Crippen MR) is 89.9 cm³/mol. The van der Waals surface area contributed by atoms with Gasteiger partial charge in [0, 0.05) is 6.08 Å². The van der Waals surface area contributed by atoms with Gasteiger partial charge in [0.2, 0.25) is 0 Å². The number of aliphatic hydroxyl groups excluding tert-OH is 2. The van der Waals surface area contributed by atoms with E-state index in [2.05, 4.69) is 6.92 Å². The van der Waals surface area contributed by atoms with Crippen LogP contribution in [-0.2, 0) is 4.79 Å². The summed E-state index contributed by atoms with van der Waals surface area (Å²) < 4.78 is 0. The molecule has 0 rings (SSSR count). The van der Waals surface area contributed by atoms with Crippen molar-refractivity contribution in [3.05, 3.63) is 12.2 Å². The second-order valence-corrected chi connectivity index (χ2v) is 6.12. The van der Waals surface area contributed by atoms with Crippen LogP contribution in [0.15, 0.2) is 12.2 Å². The average molecular weight is 314 g/mol. The molecule has 0 aliphatic rings. The molecule has 3 N–H and O–H groups in total. The van der Waals surface area contributed by atoms with E-state index in [0.717, 1.165) is 51.4 Å². The number of unbranched alkanes of at least 4 members (excludes halogenated alkanes) is 7. The van der Waals surface area contributed by atoms with E-state index in [1.54, 1.807) is 6.08 Å². The zero-order valence-electron chi connectivity index (χ0n) is 14.0. The van der Waals surface area contributed by atoms with Gasteiger partial charge in [-0.2, -0.15) is 0 Å². The third-order valence-electron chi connectivity index (χ3n) is 3.85. The fourth-order valence-corrected chi connectivity index (χ4v) is 2.54. The van der Waals surface area contributed by atoms with Crippen molar-refractivity contribution in [3.8, 4) is 0 Å². The highest BCUT2D eigenvalue weighted by atomic mass is 16.4. The fourth-order valence-electron chi connectivity index (χ4n) is 2.54. The first-order valence-corrected chi connectivity index (χ1v) is 8.81. The first-order chi connectivity index (χ1) is 10.6. The zero-order valence-corrected chi connectivity index (χ0v) is 14.0. The lowest BCUT2D eigenvalue weighted by molar-refractivity contribution is -0.131. The molecule has 0 aliphatic carbocycles. The number of hydrogen-bond acceptors (Lipinski definition) is 3. The highest BCUT2D eigenvalue weighted by molar-refractivity contribution is 5.79. The maximum atomic E-state index is 10.3. The van der Waals surface area contributed by atoms with Crippen LogP contribution in [0, 0.1) is 0 Å². The van der Waals surface area contributed by atoms with Crippen LogP contribution < -0.4 is 0 Å². The SMILES string of the molecule is CCCCCCC(O)CC(O)CCCCCCC=CC(=O)O. The van der Waals surface area contributed by atoms with Gasteiger partial charge in [0.25, 0.3) is 0 Å². The molecule has 0 saturated heterocycles. The van der Waals surface area contributed by atoms with Gasteiger partial charge < -0.3 is 15.3 Å². The summed E-state index contributed by atoms with van der Waals surface area (Å²) in [6.07, 6.45) is 13.6. The number of aliphatic carboxylic acids is 1. The Labute approximate surface area is 135 Å². The van der Waals surface area contributed by atoms with Crippen molar-refractivity contribution in [2.24, 2.45) is 0 Å². The van der Waals surface area contributed by atoms with Gasteiger partial charge >= 0.3 is 5.97 Å². The summed E-state index contributed by atoms with van der Waals surface area (Å²) in [5.41, 5.74) is 0. The molecular weight excluding hydrogens is 280 g/mol. The Kier molecular flexibility index (Phi) is 14.4. The molecule has 0 radical (unpaired) electrons. The van der Waals surface area contributed by atoms with Crippen LogP contribution >= 0.6 is 0 Å². The van der Waals surface area contributed by atoms with Gasteiger partial charge in [-0.15, -0.1) is 0 Å². The molecule has 0 aromatic heterocycles. The monoisotopic (exact) mass is 314 g/mol. The Hall–Kier alpha value is -0.870. The third-order valence-corrected chi connectivity index (χ3v) is 3.85. The maximum absolute atomic E-state index is 10.3. The Bertz CT molecular complexity index is 289. The molecule has 0 fully saturated rings. The summed E-state index contributed by atoms with van der Waals surface area (Å²) >= 11 is 0. The molecule has 0 spiro atoms. The van der Waals surface area contributed by atoms with Gasteiger partial charge in [0.15, 0.2) is 0 Å². The van der Waals surface area contributed by atoms with Crippen molar-refractivity contribution in [2.75, 3.05) is 0 Å². The highest BCUT2D eigenvalue weighted by Gasteiger charge is 2.11. The molecule has 0 aromatic rings. The summed E-state index contributed by atoms with van der Waals surface area (Å²) in [6, 6.07) is 0. The summed E-state index contributed by atoms with van der Waals surface area (Å²) in [6.45, 7) is 2.17. The Morgan fingerprint density at radius 2 is 1.45 bits per heavy atom. The second kappa shape index (κ2) is 15.0. The Morgan fingerprint density at radius 1 is 0.909 bits per heavy atom. The fraction of sp³-hybridized carbons (Fsp3) is 0.833. The predicted octanol–water partition coefficient (Wildman–Crippen LogP) is 4.05. The number of carbonyl (C=O) groups is 1. The molecule has 130 valence electrons. The molecular formula is C18H34O4. The molecule has 0 aromatic carbocycles. The van der Waals surface area contributed by atoms with Crippen LogP contribution in [0.4, 0.5) is 0 Å². The largest absolute Gasteiger partial charge is 0.478 e. The van der Waals surface area contributed by atoms with Gasteiger partial charge in [0.05, 0.1) is 12.2 Å². The van der Waals surface area contributed by atoms with E-state index in [0.29, 0.717) is 6.42 Å². The third kappa shape index (κ3) is 15.5. The van der Waals surface area contributed by atoms with Crippen LogP contribution in [-0.4, -0.2) is 33.5 Å². The molecule has 0 heterocycles. The van der Waals surface area contributed by atoms with Gasteiger partial charge in [-0.3, -0.25) is 0 Å². The summed E-state index contributed by atoms with van der Waals surface area (Å²) in [4.78, 5) is 10.3. The van der Waals surface area contributed by atoms with Gasteiger partial charge in [0.1, 0.15) is 0 Å². The molecule has 2 atom stereocenters. The maximum Gasteiger partial charge on any atom is 0.327 e. The van der Waals surface area contributed by atoms with Crippen molar-refractivity contribution in [2.45, 2.75) is 96.2 Å². The molecule has 0 aliphatic heterocycles. The molecule has 0 saturated carbocycles. The lowest BCUT2D eigenvalue weighted by Crippen LogP contribution is -2.17. The number of hydrogen-bond donors (Lipinski definition) is 3. The van der Waals surface area contributed by atoms with Crippen molar-refractivity contribution in [1.82, 2.24) is 0 Å². The van der Waals surface area contributed by atoms with E-state index in [9.17, 15) is 15.0 Å². The highest BCUT2D eigenvalue weighted by Crippen LogP contribution is 2.14. The van der Waals surface area contributed by atoms with E-state index in [4.69, 9.17) is 5.11 Å². The van der Waals surface area contributed by atoms with Crippen molar-refractivity contribution < 1.29 is 20.1 Å². The number of rotatable bonds is 15. The number of carboxylic acid groups (broad SMARTS) is 1. The summed E-state index contributed by atoms with van der Waals surface area (Å²) in [7, 11) is 0. The van der Waals surface area contributed by atoms with E-state index in [1.807, 2.05) is 0 Å². The van der Waals surface area contributed by atoms with Crippen LogP contribution in [0.1, 0.15) is 84.0 Å². The smallest absolute Gasteiger partial charge is 0.327 e. The minimum atomic E-state index is -0.892. The van der Waals surface area contributed by atoms with Gasteiger partial charge in [-0.25, -0.2) is 4.79 Å². The number of aliphatic hydroxyl groups is 2. The molecule has 2 unspecified atom stereocenters. The normalized spacial score (nSPS) is 14.3. The van der Waals surface area contributed by atoms with Gasteiger partial charge in [-0.1, -0.05) is 57.9 Å². The van der Waals surface area contributed by atoms with Gasteiger partial charge in [-0.05, 0) is 32.1 Å². The Morgan fingerprint density at radius 3 is 2.00 bits per heavy atom. The number of carboxylic acids is 1. The summed E-state index contributed by atoms with van der Waals surface area (Å²) in [5.74, 6) is -0.892. The van der Waals surface area contributed by atoms with E-state index < -0.39 is 12.1 Å². The van der Waals surface area contributed by atoms with Crippen molar-refractivity contribution >= 4 is 5.97 Å². The van der Waals surface area contributed by atoms with Crippen LogP contribution in [0.2, 0.25) is 0 Å². The summed E-state index contributed by atoms with van der Waals surface area (Å²) in [5, 5.41) is 28.2. The van der Waals surface area contributed by atoms with Crippen molar-refractivity contribution in [1.29, 1.82) is 0 Å². The lowest BCUT2D eigenvalue weighted by Gasteiger charge is -2.15. The van der Waals surface area contributed by atoms with E-state index in [-0.39, 0.29) is 6.10 Å². The number of allylic oxidation sites excluding steroid dienone is 1. The van der Waals surface area contributed by atoms with E-state index in [1.165, 1.54) is 25.3 Å². The van der Waals surface area contributed by atoms with E-state index >= 15 is 0 Å². The van der Waals surface area contributed by atoms with Crippen LogP contribution in [0.3, 0.4) is 0 Å². The molecule has 0 amide bonds. The quantitative estimate of drug-likeness (QED) is 0.315. The topological polar surface area (TPSA) is 77.8 Å². The average Bonchev–Trinajstić information content (AvgIpc) is 2.46. The molecule has 4 heteroatoms. The first-order valence-electron chi connectivity index (χ1n) is 8.81. The van der Waals surface area contributed by atoms with Crippen LogP contribution in [0.25, 0.3) is 0 Å². The molecule has 0 bridgehead atoms. The minimum Gasteiger partial charge on any atom is -0.478 e. The van der Waals surface area contributed by atoms with Crippen LogP contribution in [0.5, 0.6) is 0 Å². The molecule has 22 heavy (non-hydrogen) atoms. The Balaban J connectivity index is 3.41. The standard InChI is InChI=1S/C18H34O4/c1-2-3-4-9-12-16(19)15-17(20)13-10-7-5-6-8-11-14-18(21)22/h11,14,16-17,19-20H,2-10,12-13,15H2,1H3,(H,21,22). The first kappa shape index (κ1) is 21.1. The zero-order chi connectivity index (χ0) is 16.6. The lowest BCUT2D eigenvalue weighted by atomic mass is 10.0.